The maximum absolute atomic E-state index is 13.7. The van der Waals surface area contributed by atoms with Crippen LogP contribution in [0.1, 0.15) is 51.3 Å². The first kappa shape index (κ1) is 25.3. The van der Waals surface area contributed by atoms with Crippen molar-refractivity contribution in [3.05, 3.63) is 125 Å². The van der Waals surface area contributed by atoms with Crippen LogP contribution < -0.4 is 4.74 Å². The SMILES string of the molecule is Cc1cccc([C@@H]2c3cc(O[C@@H](C)C(=O)N(C)Cc4ccco4)ccc3CCN2C(=O)c2ccccc2)c1. The topological polar surface area (TPSA) is 63.0 Å². The first-order valence-corrected chi connectivity index (χ1v) is 12.9. The molecular weight excluding hydrogens is 476 g/mol. The minimum absolute atomic E-state index is 0.00262. The van der Waals surface area contributed by atoms with Gasteiger partial charge in [-0.05, 0) is 73.4 Å². The smallest absolute Gasteiger partial charge is 0.263 e. The molecular formula is C32H32N2O4. The number of benzene rings is 3. The van der Waals surface area contributed by atoms with E-state index < -0.39 is 6.10 Å². The van der Waals surface area contributed by atoms with Crippen molar-refractivity contribution in [3.8, 4) is 5.75 Å². The highest BCUT2D eigenvalue weighted by molar-refractivity contribution is 5.95. The van der Waals surface area contributed by atoms with Crippen LogP contribution in [0.5, 0.6) is 5.75 Å². The Labute approximate surface area is 223 Å². The van der Waals surface area contributed by atoms with Crippen LogP contribution in [0.15, 0.2) is 95.6 Å². The van der Waals surface area contributed by atoms with Gasteiger partial charge in [0.15, 0.2) is 6.10 Å². The molecule has 0 spiro atoms. The van der Waals surface area contributed by atoms with Gasteiger partial charge in [-0.3, -0.25) is 9.59 Å². The van der Waals surface area contributed by atoms with Crippen molar-refractivity contribution >= 4 is 11.8 Å². The summed E-state index contributed by atoms with van der Waals surface area (Å²) in [6, 6.07) is 27.0. The number of ether oxygens (including phenoxy) is 1. The molecule has 2 heterocycles. The van der Waals surface area contributed by atoms with Crippen LogP contribution >= 0.6 is 0 Å². The van der Waals surface area contributed by atoms with Crippen LogP contribution in [0.25, 0.3) is 0 Å². The molecule has 0 unspecified atom stereocenters. The fraction of sp³-hybridized carbons (Fsp3) is 0.250. The Hall–Kier alpha value is -4.32. The van der Waals surface area contributed by atoms with Crippen LogP contribution in [0.4, 0.5) is 0 Å². The average molecular weight is 509 g/mol. The molecule has 0 saturated heterocycles. The zero-order valence-electron chi connectivity index (χ0n) is 22.0. The van der Waals surface area contributed by atoms with E-state index in [0.717, 1.165) is 23.1 Å². The van der Waals surface area contributed by atoms with Gasteiger partial charge < -0.3 is 19.0 Å². The summed E-state index contributed by atoms with van der Waals surface area (Å²) < 4.78 is 11.5. The lowest BCUT2D eigenvalue weighted by Crippen LogP contribution is -2.40. The Morgan fingerprint density at radius 2 is 1.84 bits per heavy atom. The summed E-state index contributed by atoms with van der Waals surface area (Å²) in [6.07, 6.45) is 1.66. The van der Waals surface area contributed by atoms with E-state index in [9.17, 15) is 9.59 Å². The van der Waals surface area contributed by atoms with Gasteiger partial charge in [0.05, 0.1) is 18.8 Å². The molecule has 1 aliphatic heterocycles. The molecule has 38 heavy (non-hydrogen) atoms. The van der Waals surface area contributed by atoms with Gasteiger partial charge in [-0.1, -0.05) is 54.1 Å². The Bertz CT molecular complexity index is 1410. The number of carbonyl (C=O) groups excluding carboxylic acids is 2. The summed E-state index contributed by atoms with van der Waals surface area (Å²) in [5.74, 6) is 1.17. The highest BCUT2D eigenvalue weighted by Gasteiger charge is 2.33. The van der Waals surface area contributed by atoms with Gasteiger partial charge >= 0.3 is 0 Å². The number of likely N-dealkylation sites (N-methyl/N-ethyl adjacent to an activating group) is 1. The van der Waals surface area contributed by atoms with Gasteiger partial charge in [0.1, 0.15) is 11.5 Å². The zero-order valence-corrected chi connectivity index (χ0v) is 22.0. The Morgan fingerprint density at radius 3 is 2.58 bits per heavy atom. The summed E-state index contributed by atoms with van der Waals surface area (Å²) >= 11 is 0. The van der Waals surface area contributed by atoms with Crippen molar-refractivity contribution in [2.45, 2.75) is 39.0 Å². The van der Waals surface area contributed by atoms with Gasteiger partial charge in [-0.15, -0.1) is 0 Å². The van der Waals surface area contributed by atoms with Gasteiger partial charge in [0.2, 0.25) is 0 Å². The van der Waals surface area contributed by atoms with Gasteiger partial charge in [0.25, 0.3) is 11.8 Å². The minimum atomic E-state index is -0.684. The van der Waals surface area contributed by atoms with E-state index in [-0.39, 0.29) is 17.9 Å². The second-order valence-electron chi connectivity index (χ2n) is 9.83. The van der Waals surface area contributed by atoms with Crippen LogP contribution in [0.3, 0.4) is 0 Å². The van der Waals surface area contributed by atoms with Crippen molar-refractivity contribution in [1.82, 2.24) is 9.80 Å². The van der Waals surface area contributed by atoms with Crippen LogP contribution in [0, 0.1) is 6.92 Å². The third kappa shape index (κ3) is 5.35. The third-order valence-electron chi connectivity index (χ3n) is 7.00. The van der Waals surface area contributed by atoms with Gasteiger partial charge in [0, 0.05) is 19.2 Å². The van der Waals surface area contributed by atoms with Gasteiger partial charge in [-0.25, -0.2) is 0 Å². The zero-order chi connectivity index (χ0) is 26.6. The molecule has 6 heteroatoms. The van der Waals surface area contributed by atoms with Crippen molar-refractivity contribution in [2.24, 2.45) is 0 Å². The number of carbonyl (C=O) groups is 2. The van der Waals surface area contributed by atoms with Crippen LogP contribution in [-0.4, -0.2) is 41.3 Å². The molecule has 1 aliphatic rings. The van der Waals surface area contributed by atoms with E-state index in [1.165, 1.54) is 5.56 Å². The number of hydrogen-bond donors (Lipinski definition) is 0. The van der Waals surface area contributed by atoms with E-state index >= 15 is 0 Å². The predicted molar refractivity (Wildman–Crippen MR) is 146 cm³/mol. The molecule has 1 aromatic heterocycles. The molecule has 3 aromatic carbocycles. The molecule has 0 fully saturated rings. The molecule has 194 valence electrons. The molecule has 0 radical (unpaired) electrons. The largest absolute Gasteiger partial charge is 0.481 e. The fourth-order valence-corrected chi connectivity index (χ4v) is 5.11. The fourth-order valence-electron chi connectivity index (χ4n) is 5.11. The molecule has 0 saturated carbocycles. The second-order valence-corrected chi connectivity index (χ2v) is 9.83. The maximum atomic E-state index is 13.7. The van der Waals surface area contributed by atoms with E-state index in [0.29, 0.717) is 30.2 Å². The Kier molecular flexibility index (Phi) is 7.31. The lowest BCUT2D eigenvalue weighted by molar-refractivity contribution is -0.137. The van der Waals surface area contributed by atoms with Crippen LogP contribution in [0.2, 0.25) is 0 Å². The first-order chi connectivity index (χ1) is 18.4. The van der Waals surface area contributed by atoms with Crippen molar-refractivity contribution < 1.29 is 18.7 Å². The molecule has 0 bridgehead atoms. The Morgan fingerprint density at radius 1 is 1.03 bits per heavy atom. The predicted octanol–water partition coefficient (Wildman–Crippen LogP) is 5.80. The number of hydrogen-bond acceptors (Lipinski definition) is 4. The lowest BCUT2D eigenvalue weighted by atomic mass is 9.87. The van der Waals surface area contributed by atoms with E-state index in [4.69, 9.17) is 9.15 Å². The monoisotopic (exact) mass is 508 g/mol. The van der Waals surface area contributed by atoms with Crippen molar-refractivity contribution in [1.29, 1.82) is 0 Å². The molecule has 4 aromatic rings. The number of aryl methyl sites for hydroxylation is 1. The summed E-state index contributed by atoms with van der Waals surface area (Å²) in [7, 11) is 1.73. The van der Waals surface area contributed by atoms with Gasteiger partial charge in [-0.2, -0.15) is 0 Å². The number of amides is 2. The lowest BCUT2D eigenvalue weighted by Gasteiger charge is -2.38. The number of rotatable bonds is 7. The van der Waals surface area contributed by atoms with Crippen molar-refractivity contribution in [3.63, 3.8) is 0 Å². The number of fused-ring (bicyclic) bond motifs is 1. The average Bonchev–Trinajstić information content (AvgIpc) is 3.45. The normalized spacial score (nSPS) is 15.4. The molecule has 2 amide bonds. The number of nitrogens with zero attached hydrogens (tertiary/aromatic N) is 2. The van der Waals surface area contributed by atoms with E-state index in [2.05, 4.69) is 31.2 Å². The van der Waals surface area contributed by atoms with Crippen LogP contribution in [-0.2, 0) is 17.8 Å². The maximum Gasteiger partial charge on any atom is 0.263 e. The van der Waals surface area contributed by atoms with Crippen molar-refractivity contribution in [2.75, 3.05) is 13.6 Å². The van der Waals surface area contributed by atoms with E-state index in [1.54, 1.807) is 31.2 Å². The van der Waals surface area contributed by atoms with E-state index in [1.807, 2.05) is 59.5 Å². The highest BCUT2D eigenvalue weighted by atomic mass is 16.5. The molecule has 6 nitrogen and oxygen atoms in total. The summed E-state index contributed by atoms with van der Waals surface area (Å²) in [6.45, 7) is 4.80. The standard InChI is InChI=1S/C32H32N2O4/c1-22-9-7-12-26(19-22)30-29-20-27(38-23(2)31(35)33(3)21-28-13-8-18-37-28)15-14-24(29)16-17-34(30)32(36)25-10-5-4-6-11-25/h4-15,18-20,23,30H,16-17,21H2,1-3H3/t23-,30+/m0/s1. The summed E-state index contributed by atoms with van der Waals surface area (Å²) in [4.78, 5) is 30.2. The quantitative estimate of drug-likeness (QED) is 0.316. The molecule has 2 atom stereocenters. The second kappa shape index (κ2) is 11.0. The third-order valence-corrected chi connectivity index (χ3v) is 7.00. The number of furan rings is 1. The minimum Gasteiger partial charge on any atom is -0.481 e. The molecule has 0 N–H and O–H groups in total. The molecule has 0 aliphatic carbocycles. The summed E-state index contributed by atoms with van der Waals surface area (Å²) in [5.41, 5.74) is 5.05. The highest BCUT2D eigenvalue weighted by Crippen LogP contribution is 2.38. The molecule has 5 rings (SSSR count). The summed E-state index contributed by atoms with van der Waals surface area (Å²) in [5, 5.41) is 0. The Balaban J connectivity index is 1.44. The first-order valence-electron chi connectivity index (χ1n) is 12.9.